The van der Waals surface area contributed by atoms with Crippen molar-refractivity contribution in [1.29, 1.82) is 0 Å². The molecular formula is C11H23ClO. The van der Waals surface area contributed by atoms with Gasteiger partial charge in [0.15, 0.2) is 0 Å². The Morgan fingerprint density at radius 1 is 0.923 bits per heavy atom. The summed E-state index contributed by atoms with van der Waals surface area (Å²) in [4.78, 5) is 10.6. The van der Waals surface area contributed by atoms with Crippen LogP contribution < -0.4 is 0 Å². The van der Waals surface area contributed by atoms with Crippen molar-refractivity contribution in [1.82, 2.24) is 0 Å². The molecule has 1 nitrogen and oxygen atoms in total. The maximum absolute atomic E-state index is 10.6. The molecule has 0 atom stereocenters. The summed E-state index contributed by atoms with van der Waals surface area (Å²) in [6.07, 6.45) is 9.84. The van der Waals surface area contributed by atoms with Crippen molar-refractivity contribution in [2.24, 2.45) is 0 Å². The number of carbonyl (C=O) groups excluding carboxylic acids is 1. The number of unbranched alkanes of at least 4 members (excludes halogenated alkanes) is 6. The lowest BCUT2D eigenvalue weighted by Crippen LogP contribution is -1.89. The zero-order valence-corrected chi connectivity index (χ0v) is 9.79. The molecule has 0 aromatic rings. The normalized spacial score (nSPS) is 9.38. The standard InChI is InChI=1S/C11H22O.ClH/c1-3-4-5-6-7-8-9-10-11(2)12;/h3-10H2,1-2H3;1H. The van der Waals surface area contributed by atoms with Gasteiger partial charge in [0.05, 0.1) is 0 Å². The maximum atomic E-state index is 10.6. The summed E-state index contributed by atoms with van der Waals surface area (Å²) in [5.74, 6) is 0.337. The predicted octanol–water partition coefficient (Wildman–Crippen LogP) is 4.14. The van der Waals surface area contributed by atoms with Crippen molar-refractivity contribution in [3.05, 3.63) is 0 Å². The molecule has 0 heterocycles. The van der Waals surface area contributed by atoms with Crippen LogP contribution in [0.3, 0.4) is 0 Å². The molecule has 0 rings (SSSR count). The van der Waals surface area contributed by atoms with Crippen molar-refractivity contribution in [3.63, 3.8) is 0 Å². The molecule has 0 fully saturated rings. The highest BCUT2D eigenvalue weighted by molar-refractivity contribution is 5.85. The van der Waals surface area contributed by atoms with Crippen LogP contribution in [0.2, 0.25) is 0 Å². The zero-order chi connectivity index (χ0) is 9.23. The van der Waals surface area contributed by atoms with Gasteiger partial charge in [0.2, 0.25) is 0 Å². The smallest absolute Gasteiger partial charge is 0.129 e. The van der Waals surface area contributed by atoms with Gasteiger partial charge in [0.1, 0.15) is 5.78 Å². The number of rotatable bonds is 8. The molecule has 0 unspecified atom stereocenters. The quantitative estimate of drug-likeness (QED) is 0.546. The summed E-state index contributed by atoms with van der Waals surface area (Å²) >= 11 is 0. The highest BCUT2D eigenvalue weighted by Crippen LogP contribution is 2.08. The second-order valence-corrected chi connectivity index (χ2v) is 3.57. The fourth-order valence-electron chi connectivity index (χ4n) is 1.33. The second-order valence-electron chi connectivity index (χ2n) is 3.57. The Morgan fingerprint density at radius 3 is 1.85 bits per heavy atom. The Bertz CT molecular complexity index is 113. The summed E-state index contributed by atoms with van der Waals surface area (Å²) in [7, 11) is 0. The minimum absolute atomic E-state index is 0. The first-order chi connectivity index (χ1) is 5.77. The average Bonchev–Trinajstić information content (AvgIpc) is 2.02. The molecule has 80 valence electrons. The number of hydrogen-bond donors (Lipinski definition) is 0. The van der Waals surface area contributed by atoms with E-state index in [1.165, 1.54) is 38.5 Å². The van der Waals surface area contributed by atoms with Crippen LogP contribution >= 0.6 is 12.4 Å². The predicted molar refractivity (Wildman–Crippen MR) is 60.5 cm³/mol. The average molecular weight is 207 g/mol. The summed E-state index contributed by atoms with van der Waals surface area (Å²) in [5, 5.41) is 0. The molecule has 0 radical (unpaired) electrons. The van der Waals surface area contributed by atoms with Crippen LogP contribution in [0.25, 0.3) is 0 Å². The topological polar surface area (TPSA) is 17.1 Å². The van der Waals surface area contributed by atoms with E-state index in [-0.39, 0.29) is 12.4 Å². The lowest BCUT2D eigenvalue weighted by Gasteiger charge is -1.98. The third-order valence-corrected chi connectivity index (χ3v) is 2.13. The van der Waals surface area contributed by atoms with Gasteiger partial charge in [-0.25, -0.2) is 0 Å². The van der Waals surface area contributed by atoms with Crippen LogP contribution in [-0.4, -0.2) is 5.78 Å². The number of halogens is 1. The third kappa shape index (κ3) is 14.8. The van der Waals surface area contributed by atoms with Crippen LogP contribution in [0.1, 0.15) is 65.2 Å². The minimum atomic E-state index is 0. The second kappa shape index (κ2) is 12.0. The molecule has 0 aliphatic heterocycles. The summed E-state index contributed by atoms with van der Waals surface area (Å²) in [5.41, 5.74) is 0. The molecule has 0 saturated heterocycles. The van der Waals surface area contributed by atoms with Gasteiger partial charge in [-0.15, -0.1) is 12.4 Å². The molecular weight excluding hydrogens is 184 g/mol. The largest absolute Gasteiger partial charge is 0.300 e. The first-order valence-corrected chi connectivity index (χ1v) is 5.26. The van der Waals surface area contributed by atoms with E-state index in [1.54, 1.807) is 6.92 Å². The van der Waals surface area contributed by atoms with E-state index >= 15 is 0 Å². The van der Waals surface area contributed by atoms with E-state index in [2.05, 4.69) is 6.92 Å². The Labute approximate surface area is 88.7 Å². The first kappa shape index (κ1) is 15.4. The molecule has 0 aromatic carbocycles. The van der Waals surface area contributed by atoms with Crippen LogP contribution in [-0.2, 0) is 4.79 Å². The maximum Gasteiger partial charge on any atom is 0.129 e. The highest BCUT2D eigenvalue weighted by Gasteiger charge is 1.93. The molecule has 13 heavy (non-hydrogen) atoms. The van der Waals surface area contributed by atoms with Gasteiger partial charge in [-0.3, -0.25) is 0 Å². The van der Waals surface area contributed by atoms with Crippen molar-refractivity contribution in [3.8, 4) is 0 Å². The highest BCUT2D eigenvalue weighted by atomic mass is 35.5. The van der Waals surface area contributed by atoms with Gasteiger partial charge in [0.25, 0.3) is 0 Å². The van der Waals surface area contributed by atoms with Crippen LogP contribution in [0.15, 0.2) is 0 Å². The zero-order valence-electron chi connectivity index (χ0n) is 8.97. The van der Waals surface area contributed by atoms with Crippen LogP contribution in [0, 0.1) is 0 Å². The van der Waals surface area contributed by atoms with Crippen LogP contribution in [0.4, 0.5) is 0 Å². The van der Waals surface area contributed by atoms with E-state index in [4.69, 9.17) is 0 Å². The molecule has 0 aliphatic rings. The van der Waals surface area contributed by atoms with Crippen molar-refractivity contribution in [2.45, 2.75) is 65.2 Å². The Kier molecular flexibility index (Phi) is 14.2. The van der Waals surface area contributed by atoms with Crippen LogP contribution in [0.5, 0.6) is 0 Å². The number of ketones is 1. The number of carbonyl (C=O) groups is 1. The molecule has 0 bridgehead atoms. The van der Waals surface area contributed by atoms with Crippen molar-refractivity contribution < 1.29 is 4.79 Å². The molecule has 0 spiro atoms. The lowest BCUT2D eigenvalue weighted by molar-refractivity contribution is -0.117. The van der Waals surface area contributed by atoms with E-state index in [9.17, 15) is 4.79 Å². The molecule has 0 saturated carbocycles. The Balaban J connectivity index is 0. The molecule has 0 aromatic heterocycles. The molecule has 2 heteroatoms. The Morgan fingerprint density at radius 2 is 1.38 bits per heavy atom. The van der Waals surface area contributed by atoms with Gasteiger partial charge in [-0.05, 0) is 13.3 Å². The van der Waals surface area contributed by atoms with Gasteiger partial charge in [-0.1, -0.05) is 45.4 Å². The monoisotopic (exact) mass is 206 g/mol. The van der Waals surface area contributed by atoms with Crippen molar-refractivity contribution in [2.75, 3.05) is 0 Å². The summed E-state index contributed by atoms with van der Waals surface area (Å²) < 4.78 is 0. The molecule has 0 amide bonds. The minimum Gasteiger partial charge on any atom is -0.300 e. The number of hydrogen-bond acceptors (Lipinski definition) is 1. The Hall–Kier alpha value is -0.0400. The van der Waals surface area contributed by atoms with Gasteiger partial charge < -0.3 is 4.79 Å². The van der Waals surface area contributed by atoms with E-state index in [0.29, 0.717) is 5.78 Å². The first-order valence-electron chi connectivity index (χ1n) is 5.26. The molecule has 0 aliphatic carbocycles. The fourth-order valence-corrected chi connectivity index (χ4v) is 1.33. The lowest BCUT2D eigenvalue weighted by atomic mass is 10.1. The third-order valence-electron chi connectivity index (χ3n) is 2.13. The van der Waals surface area contributed by atoms with Gasteiger partial charge >= 0.3 is 0 Å². The SMILES string of the molecule is CCCCCCCCCC(C)=O.Cl. The van der Waals surface area contributed by atoms with Gasteiger partial charge in [0, 0.05) is 6.42 Å². The fraction of sp³-hybridized carbons (Fsp3) is 0.909. The summed E-state index contributed by atoms with van der Waals surface area (Å²) in [6, 6.07) is 0. The molecule has 0 N–H and O–H groups in total. The van der Waals surface area contributed by atoms with E-state index in [1.807, 2.05) is 0 Å². The van der Waals surface area contributed by atoms with Gasteiger partial charge in [-0.2, -0.15) is 0 Å². The van der Waals surface area contributed by atoms with Crippen molar-refractivity contribution >= 4 is 18.2 Å². The van der Waals surface area contributed by atoms with E-state index in [0.717, 1.165) is 12.8 Å². The number of Topliss-reactive ketones (excluding diaryl/α,β-unsaturated/α-hetero) is 1. The summed E-state index contributed by atoms with van der Waals surface area (Å²) in [6.45, 7) is 3.91. The van der Waals surface area contributed by atoms with E-state index < -0.39 is 0 Å².